The van der Waals surface area contributed by atoms with Crippen molar-refractivity contribution in [2.24, 2.45) is 0 Å². The number of aryl methyl sites for hydroxylation is 2. The van der Waals surface area contributed by atoms with Gasteiger partial charge in [0.25, 0.3) is 5.56 Å². The molecule has 0 spiro atoms. The van der Waals surface area contributed by atoms with Crippen molar-refractivity contribution in [2.45, 2.75) is 33.2 Å². The van der Waals surface area contributed by atoms with Crippen LogP contribution < -0.4 is 10.9 Å². The lowest BCUT2D eigenvalue weighted by molar-refractivity contribution is -0.118. The van der Waals surface area contributed by atoms with Crippen molar-refractivity contribution < 1.29 is 4.79 Å². The van der Waals surface area contributed by atoms with Crippen molar-refractivity contribution >= 4 is 44.7 Å². The summed E-state index contributed by atoms with van der Waals surface area (Å²) in [6.45, 7) is 5.60. The fraction of sp³-hybridized carbons (Fsp3) is 0.278. The number of fused-ring (bicyclic) bond motifs is 1. The first-order chi connectivity index (χ1) is 11.9. The Kier molecular flexibility index (Phi) is 4.92. The molecule has 2 aromatic heterocycles. The number of carbonyl (C=O) groups is 1. The third kappa shape index (κ3) is 3.45. The zero-order chi connectivity index (χ0) is 18.1. The Labute approximate surface area is 154 Å². The van der Waals surface area contributed by atoms with Crippen molar-refractivity contribution in [1.29, 1.82) is 0 Å². The molecule has 1 N–H and O–H groups in total. The predicted molar refractivity (Wildman–Crippen MR) is 103 cm³/mol. The first-order valence-electron chi connectivity index (χ1n) is 7.97. The van der Waals surface area contributed by atoms with Crippen LogP contribution in [0.1, 0.15) is 30.3 Å². The lowest BCUT2D eigenvalue weighted by atomic mass is 10.2. The van der Waals surface area contributed by atoms with E-state index < -0.39 is 6.04 Å². The molecule has 5 nitrogen and oxygen atoms in total. The van der Waals surface area contributed by atoms with Crippen molar-refractivity contribution in [2.75, 3.05) is 5.32 Å². The van der Waals surface area contributed by atoms with Gasteiger partial charge in [-0.1, -0.05) is 24.6 Å². The van der Waals surface area contributed by atoms with Crippen LogP contribution in [0.3, 0.4) is 0 Å². The smallest absolute Gasteiger partial charge is 0.262 e. The molecule has 0 saturated heterocycles. The molecular formula is C18H18ClN3O2S. The van der Waals surface area contributed by atoms with Gasteiger partial charge in [-0.05, 0) is 44.0 Å². The first kappa shape index (κ1) is 17.6. The van der Waals surface area contributed by atoms with E-state index in [0.717, 1.165) is 16.9 Å². The highest BCUT2D eigenvalue weighted by atomic mass is 35.5. The summed E-state index contributed by atoms with van der Waals surface area (Å²) >= 11 is 7.59. The third-order valence-corrected chi connectivity index (χ3v) is 5.71. The number of aromatic nitrogens is 2. The number of halogens is 1. The van der Waals surface area contributed by atoms with E-state index in [1.54, 1.807) is 19.1 Å². The second kappa shape index (κ2) is 6.98. The van der Waals surface area contributed by atoms with E-state index in [2.05, 4.69) is 10.3 Å². The maximum absolute atomic E-state index is 12.7. The molecule has 3 rings (SSSR count). The third-order valence-electron chi connectivity index (χ3n) is 4.11. The van der Waals surface area contributed by atoms with E-state index in [0.29, 0.717) is 20.9 Å². The normalized spacial score (nSPS) is 12.3. The van der Waals surface area contributed by atoms with E-state index in [1.165, 1.54) is 22.2 Å². The van der Waals surface area contributed by atoms with Gasteiger partial charge in [-0.2, -0.15) is 0 Å². The van der Waals surface area contributed by atoms with E-state index in [9.17, 15) is 9.59 Å². The largest absolute Gasteiger partial charge is 0.324 e. The van der Waals surface area contributed by atoms with E-state index in [-0.39, 0.29) is 11.5 Å². The number of hydrogen-bond acceptors (Lipinski definition) is 4. The Bertz CT molecular complexity index is 1010. The molecular weight excluding hydrogens is 358 g/mol. The fourth-order valence-electron chi connectivity index (χ4n) is 2.48. The SMILES string of the molecule is CCc1cc2c(=O)n([C@H](C)C(=O)Nc3ccc(C)c(Cl)c3)cnc2s1. The molecule has 0 fully saturated rings. The van der Waals surface area contributed by atoms with Crippen molar-refractivity contribution in [3.8, 4) is 0 Å². The Balaban J connectivity index is 1.89. The van der Waals surface area contributed by atoms with Gasteiger partial charge in [0.1, 0.15) is 10.9 Å². The molecule has 1 atom stereocenters. The Morgan fingerprint density at radius 1 is 1.40 bits per heavy atom. The summed E-state index contributed by atoms with van der Waals surface area (Å²) in [5.74, 6) is -0.297. The molecule has 0 bridgehead atoms. The standard InChI is InChI=1S/C18H18ClN3O2S/c1-4-13-8-14-17(25-13)20-9-22(18(14)24)11(3)16(23)21-12-6-5-10(2)15(19)7-12/h5-9,11H,4H2,1-3H3,(H,21,23)/t11-/m1/s1. The molecule has 3 aromatic rings. The summed E-state index contributed by atoms with van der Waals surface area (Å²) in [5.41, 5.74) is 1.33. The molecule has 0 aliphatic heterocycles. The van der Waals surface area contributed by atoms with Crippen LogP contribution in [0.25, 0.3) is 10.2 Å². The van der Waals surface area contributed by atoms with Gasteiger partial charge in [-0.25, -0.2) is 4.98 Å². The average Bonchev–Trinajstić information content (AvgIpc) is 3.02. The summed E-state index contributed by atoms with van der Waals surface area (Å²) in [4.78, 5) is 31.3. The van der Waals surface area contributed by atoms with Crippen LogP contribution >= 0.6 is 22.9 Å². The summed E-state index contributed by atoms with van der Waals surface area (Å²) < 4.78 is 1.36. The maximum atomic E-state index is 12.7. The fourth-order valence-corrected chi connectivity index (χ4v) is 3.59. The molecule has 25 heavy (non-hydrogen) atoms. The maximum Gasteiger partial charge on any atom is 0.262 e. The summed E-state index contributed by atoms with van der Waals surface area (Å²) in [7, 11) is 0. The zero-order valence-corrected chi connectivity index (χ0v) is 15.7. The number of amides is 1. The molecule has 7 heteroatoms. The minimum atomic E-state index is -0.686. The number of anilines is 1. The summed E-state index contributed by atoms with van der Waals surface area (Å²) in [6.07, 6.45) is 2.29. The Hall–Kier alpha value is -2.18. The lowest BCUT2D eigenvalue weighted by Gasteiger charge is -2.15. The molecule has 1 amide bonds. The second-order valence-corrected chi connectivity index (χ2v) is 7.39. The molecule has 0 aliphatic rings. The van der Waals surface area contributed by atoms with Crippen LogP contribution in [0.15, 0.2) is 35.4 Å². The van der Waals surface area contributed by atoms with Crippen LogP contribution in [0.4, 0.5) is 5.69 Å². The topological polar surface area (TPSA) is 64.0 Å². The van der Waals surface area contributed by atoms with Gasteiger partial charge in [-0.15, -0.1) is 11.3 Å². The molecule has 0 unspecified atom stereocenters. The zero-order valence-electron chi connectivity index (χ0n) is 14.2. The molecule has 0 saturated carbocycles. The van der Waals surface area contributed by atoms with Crippen molar-refractivity contribution in [3.05, 3.63) is 56.4 Å². The highest BCUT2D eigenvalue weighted by Crippen LogP contribution is 2.23. The lowest BCUT2D eigenvalue weighted by Crippen LogP contribution is -2.31. The van der Waals surface area contributed by atoms with E-state index >= 15 is 0 Å². The number of carbonyl (C=O) groups excluding carboxylic acids is 1. The number of hydrogen-bond donors (Lipinski definition) is 1. The molecule has 0 aliphatic carbocycles. The Morgan fingerprint density at radius 3 is 2.84 bits per heavy atom. The summed E-state index contributed by atoms with van der Waals surface area (Å²) in [5, 5.41) is 3.93. The summed E-state index contributed by atoms with van der Waals surface area (Å²) in [6, 6.07) is 6.48. The first-order valence-corrected chi connectivity index (χ1v) is 9.16. The van der Waals surface area contributed by atoms with Gasteiger partial charge in [0.15, 0.2) is 0 Å². The monoisotopic (exact) mass is 375 g/mol. The van der Waals surface area contributed by atoms with Gasteiger partial charge in [-0.3, -0.25) is 14.2 Å². The van der Waals surface area contributed by atoms with Gasteiger partial charge in [0.05, 0.1) is 11.7 Å². The number of nitrogens with zero attached hydrogens (tertiary/aromatic N) is 2. The quantitative estimate of drug-likeness (QED) is 0.743. The second-order valence-electron chi connectivity index (χ2n) is 5.87. The van der Waals surface area contributed by atoms with Crippen molar-refractivity contribution in [1.82, 2.24) is 9.55 Å². The molecule has 1 aromatic carbocycles. The highest BCUT2D eigenvalue weighted by molar-refractivity contribution is 7.18. The van der Waals surface area contributed by atoms with Crippen LogP contribution in [0, 0.1) is 6.92 Å². The number of nitrogens with one attached hydrogen (secondary N) is 1. The Morgan fingerprint density at radius 2 is 2.16 bits per heavy atom. The van der Waals surface area contributed by atoms with Crippen LogP contribution in [0.5, 0.6) is 0 Å². The minimum Gasteiger partial charge on any atom is -0.324 e. The van der Waals surface area contributed by atoms with Crippen LogP contribution in [-0.2, 0) is 11.2 Å². The highest BCUT2D eigenvalue weighted by Gasteiger charge is 2.19. The molecule has 130 valence electrons. The van der Waals surface area contributed by atoms with E-state index in [4.69, 9.17) is 11.6 Å². The van der Waals surface area contributed by atoms with Crippen molar-refractivity contribution in [3.63, 3.8) is 0 Å². The van der Waals surface area contributed by atoms with Gasteiger partial charge < -0.3 is 5.32 Å². The minimum absolute atomic E-state index is 0.203. The molecule has 2 heterocycles. The van der Waals surface area contributed by atoms with Gasteiger partial charge >= 0.3 is 0 Å². The number of thiophene rings is 1. The van der Waals surface area contributed by atoms with Crippen LogP contribution in [-0.4, -0.2) is 15.5 Å². The number of rotatable bonds is 4. The van der Waals surface area contributed by atoms with Gasteiger partial charge in [0.2, 0.25) is 5.91 Å². The van der Waals surface area contributed by atoms with Gasteiger partial charge in [0, 0.05) is 15.6 Å². The molecule has 0 radical (unpaired) electrons. The van der Waals surface area contributed by atoms with Crippen LogP contribution in [0.2, 0.25) is 5.02 Å². The predicted octanol–water partition coefficient (Wildman–Crippen LogP) is 4.18. The average molecular weight is 376 g/mol. The van der Waals surface area contributed by atoms with E-state index in [1.807, 2.05) is 26.0 Å². The number of benzene rings is 1.